The Morgan fingerprint density at radius 3 is 3.05 bits per heavy atom. The molecule has 1 heterocycles. The molecule has 0 bridgehead atoms. The van der Waals surface area contributed by atoms with E-state index in [1.165, 1.54) is 5.56 Å². The second-order valence-electron chi connectivity index (χ2n) is 5.48. The van der Waals surface area contributed by atoms with E-state index < -0.39 is 0 Å². The van der Waals surface area contributed by atoms with Crippen molar-refractivity contribution in [2.75, 3.05) is 19.7 Å². The molecule has 110 valence electrons. The van der Waals surface area contributed by atoms with Crippen LogP contribution in [-0.2, 0) is 4.79 Å². The minimum absolute atomic E-state index is 0.0732. The minimum Gasteiger partial charge on any atom is -0.493 e. The van der Waals surface area contributed by atoms with E-state index in [2.05, 4.69) is 16.7 Å². The van der Waals surface area contributed by atoms with E-state index in [1.54, 1.807) is 0 Å². The van der Waals surface area contributed by atoms with E-state index in [0.29, 0.717) is 13.0 Å². The summed E-state index contributed by atoms with van der Waals surface area (Å²) in [6.45, 7) is 6.42. The first-order chi connectivity index (χ1) is 9.65. The molecule has 1 fully saturated rings. The van der Waals surface area contributed by atoms with E-state index in [0.717, 1.165) is 37.2 Å². The third-order valence-corrected chi connectivity index (χ3v) is 3.59. The lowest BCUT2D eigenvalue weighted by atomic mass is 10.1. The Balaban J connectivity index is 1.72. The zero-order valence-electron chi connectivity index (χ0n) is 12.4. The average Bonchev–Trinajstić information content (AvgIpc) is 2.44. The van der Waals surface area contributed by atoms with Crippen molar-refractivity contribution in [3.05, 3.63) is 29.3 Å². The second-order valence-corrected chi connectivity index (χ2v) is 5.48. The highest BCUT2D eigenvalue weighted by Gasteiger charge is 2.15. The van der Waals surface area contributed by atoms with Crippen LogP contribution in [-0.4, -0.2) is 31.6 Å². The predicted molar refractivity (Wildman–Crippen MR) is 80.1 cm³/mol. The molecule has 2 N–H and O–H groups in total. The SMILES string of the molecule is Cc1ccc(C)c(OCCC(=O)NC2CCCNC2)c1. The molecule has 1 aromatic rings. The molecule has 0 radical (unpaired) electrons. The van der Waals surface area contributed by atoms with Crippen LogP contribution in [0.25, 0.3) is 0 Å². The molecule has 1 aromatic carbocycles. The molecule has 1 aliphatic heterocycles. The monoisotopic (exact) mass is 276 g/mol. The Kier molecular flexibility index (Phi) is 5.41. The molecule has 4 nitrogen and oxygen atoms in total. The summed E-state index contributed by atoms with van der Waals surface area (Å²) in [5.74, 6) is 0.945. The first kappa shape index (κ1) is 14.9. The maximum Gasteiger partial charge on any atom is 0.223 e. The highest BCUT2D eigenvalue weighted by molar-refractivity contribution is 5.76. The van der Waals surface area contributed by atoms with Crippen molar-refractivity contribution < 1.29 is 9.53 Å². The number of ether oxygens (including phenoxy) is 1. The van der Waals surface area contributed by atoms with Crippen molar-refractivity contribution in [2.45, 2.75) is 39.2 Å². The molecule has 4 heteroatoms. The van der Waals surface area contributed by atoms with Crippen LogP contribution in [0.15, 0.2) is 18.2 Å². The van der Waals surface area contributed by atoms with Crippen LogP contribution in [0.5, 0.6) is 5.75 Å². The number of amides is 1. The molecule has 2 rings (SSSR count). The van der Waals surface area contributed by atoms with E-state index in [4.69, 9.17) is 4.74 Å². The first-order valence-corrected chi connectivity index (χ1v) is 7.35. The maximum absolute atomic E-state index is 11.8. The molecular formula is C16H24N2O2. The van der Waals surface area contributed by atoms with Gasteiger partial charge in [-0.05, 0) is 50.4 Å². The molecule has 1 atom stereocenters. The van der Waals surface area contributed by atoms with Crippen LogP contribution in [0.3, 0.4) is 0 Å². The number of carbonyl (C=O) groups is 1. The smallest absolute Gasteiger partial charge is 0.223 e. The van der Waals surface area contributed by atoms with Crippen molar-refractivity contribution in [1.82, 2.24) is 10.6 Å². The van der Waals surface area contributed by atoms with Crippen molar-refractivity contribution in [1.29, 1.82) is 0 Å². The molecule has 0 aromatic heterocycles. The predicted octanol–water partition coefficient (Wildman–Crippen LogP) is 1.94. The van der Waals surface area contributed by atoms with Gasteiger partial charge in [0.2, 0.25) is 5.91 Å². The number of nitrogens with one attached hydrogen (secondary N) is 2. The van der Waals surface area contributed by atoms with E-state index in [1.807, 2.05) is 26.0 Å². The van der Waals surface area contributed by atoms with Gasteiger partial charge in [-0.25, -0.2) is 0 Å². The van der Waals surface area contributed by atoms with Crippen LogP contribution in [0.2, 0.25) is 0 Å². The summed E-state index contributed by atoms with van der Waals surface area (Å²) in [5, 5.41) is 6.34. The van der Waals surface area contributed by atoms with E-state index in [9.17, 15) is 4.79 Å². The molecule has 0 spiro atoms. The summed E-state index contributed by atoms with van der Waals surface area (Å²) in [6, 6.07) is 6.39. The van der Waals surface area contributed by atoms with Crippen LogP contribution in [0.4, 0.5) is 0 Å². The zero-order chi connectivity index (χ0) is 14.4. The lowest BCUT2D eigenvalue weighted by molar-refractivity contribution is -0.122. The van der Waals surface area contributed by atoms with Crippen LogP contribution in [0.1, 0.15) is 30.4 Å². The lowest BCUT2D eigenvalue weighted by Crippen LogP contribution is -2.45. The molecule has 1 amide bonds. The normalized spacial score (nSPS) is 18.6. The summed E-state index contributed by atoms with van der Waals surface area (Å²) in [5.41, 5.74) is 2.27. The molecule has 1 aliphatic rings. The molecule has 1 unspecified atom stereocenters. The van der Waals surface area contributed by atoms with Crippen LogP contribution < -0.4 is 15.4 Å². The third kappa shape index (κ3) is 4.53. The van der Waals surface area contributed by atoms with Crippen molar-refractivity contribution >= 4 is 5.91 Å². The third-order valence-electron chi connectivity index (χ3n) is 3.59. The highest BCUT2D eigenvalue weighted by atomic mass is 16.5. The fourth-order valence-corrected chi connectivity index (χ4v) is 2.39. The number of hydrogen-bond acceptors (Lipinski definition) is 3. The molecule has 20 heavy (non-hydrogen) atoms. The molecule has 1 saturated heterocycles. The summed E-state index contributed by atoms with van der Waals surface area (Å²) in [6.07, 6.45) is 2.60. The lowest BCUT2D eigenvalue weighted by Gasteiger charge is -2.23. The van der Waals surface area contributed by atoms with Gasteiger partial charge in [0.25, 0.3) is 0 Å². The van der Waals surface area contributed by atoms with Gasteiger partial charge in [0.15, 0.2) is 0 Å². The van der Waals surface area contributed by atoms with Gasteiger partial charge in [0.05, 0.1) is 13.0 Å². The fraction of sp³-hybridized carbons (Fsp3) is 0.562. The number of piperidine rings is 1. The molecular weight excluding hydrogens is 252 g/mol. The largest absolute Gasteiger partial charge is 0.493 e. The van der Waals surface area contributed by atoms with Gasteiger partial charge in [-0.1, -0.05) is 12.1 Å². The summed E-state index contributed by atoms with van der Waals surface area (Å²) in [7, 11) is 0. The van der Waals surface area contributed by atoms with Gasteiger partial charge in [-0.2, -0.15) is 0 Å². The number of aryl methyl sites for hydroxylation is 2. The fourth-order valence-electron chi connectivity index (χ4n) is 2.39. The van der Waals surface area contributed by atoms with E-state index >= 15 is 0 Å². The number of rotatable bonds is 5. The maximum atomic E-state index is 11.8. The quantitative estimate of drug-likeness (QED) is 0.864. The van der Waals surface area contributed by atoms with Crippen molar-refractivity contribution in [3.63, 3.8) is 0 Å². The van der Waals surface area contributed by atoms with Gasteiger partial charge >= 0.3 is 0 Å². The molecule has 0 saturated carbocycles. The number of carbonyl (C=O) groups excluding carboxylic acids is 1. The van der Waals surface area contributed by atoms with Crippen LogP contribution >= 0.6 is 0 Å². The first-order valence-electron chi connectivity index (χ1n) is 7.35. The second kappa shape index (κ2) is 7.29. The number of benzene rings is 1. The summed E-state index contributed by atoms with van der Waals surface area (Å²) in [4.78, 5) is 11.8. The Morgan fingerprint density at radius 2 is 2.30 bits per heavy atom. The number of hydrogen-bond donors (Lipinski definition) is 2. The zero-order valence-corrected chi connectivity index (χ0v) is 12.4. The summed E-state index contributed by atoms with van der Waals surface area (Å²) >= 11 is 0. The van der Waals surface area contributed by atoms with Crippen LogP contribution in [0, 0.1) is 13.8 Å². The van der Waals surface area contributed by atoms with E-state index in [-0.39, 0.29) is 11.9 Å². The van der Waals surface area contributed by atoms with Gasteiger partial charge in [0.1, 0.15) is 5.75 Å². The summed E-state index contributed by atoms with van der Waals surface area (Å²) < 4.78 is 5.70. The Hall–Kier alpha value is -1.55. The van der Waals surface area contributed by atoms with Crippen molar-refractivity contribution in [2.24, 2.45) is 0 Å². The Bertz CT molecular complexity index is 454. The standard InChI is InChI=1S/C16H24N2O2/c1-12-5-6-13(2)15(10-12)20-9-7-16(19)18-14-4-3-8-17-11-14/h5-6,10,14,17H,3-4,7-9,11H2,1-2H3,(H,18,19). The Labute approximate surface area is 120 Å². The molecule has 0 aliphatic carbocycles. The van der Waals surface area contributed by atoms with Gasteiger partial charge in [-0.15, -0.1) is 0 Å². The Morgan fingerprint density at radius 1 is 1.45 bits per heavy atom. The highest BCUT2D eigenvalue weighted by Crippen LogP contribution is 2.19. The minimum atomic E-state index is 0.0732. The van der Waals surface area contributed by atoms with Gasteiger partial charge in [-0.3, -0.25) is 4.79 Å². The van der Waals surface area contributed by atoms with Crippen molar-refractivity contribution in [3.8, 4) is 5.75 Å². The average molecular weight is 276 g/mol. The topological polar surface area (TPSA) is 50.4 Å². The van der Waals surface area contributed by atoms with Gasteiger partial charge < -0.3 is 15.4 Å². The van der Waals surface area contributed by atoms with Gasteiger partial charge in [0, 0.05) is 12.6 Å².